The predicted octanol–water partition coefficient (Wildman–Crippen LogP) is 4.29. The van der Waals surface area contributed by atoms with E-state index in [0.717, 1.165) is 47.1 Å². The second-order valence-corrected chi connectivity index (χ2v) is 8.36. The highest BCUT2D eigenvalue weighted by molar-refractivity contribution is 5.94. The number of rotatable bonds is 4. The number of aryl methyl sites for hydroxylation is 1. The first-order valence-electron chi connectivity index (χ1n) is 10.4. The van der Waals surface area contributed by atoms with E-state index in [1.807, 2.05) is 54.7 Å². The maximum absolute atomic E-state index is 13.0. The van der Waals surface area contributed by atoms with Crippen molar-refractivity contribution in [2.75, 3.05) is 6.54 Å². The lowest BCUT2D eigenvalue weighted by molar-refractivity contribution is 0.0742. The lowest BCUT2D eigenvalue weighted by Gasteiger charge is -2.21. The van der Waals surface area contributed by atoms with Crippen LogP contribution in [-0.2, 0) is 6.54 Å². The van der Waals surface area contributed by atoms with E-state index in [4.69, 9.17) is 0 Å². The Balaban J connectivity index is 1.32. The topological polar surface area (TPSA) is 66.8 Å². The van der Waals surface area contributed by atoms with E-state index in [2.05, 4.69) is 45.1 Å². The number of carbonyl (C=O) groups excluding carboxylic acids is 1. The van der Waals surface area contributed by atoms with E-state index in [1.165, 1.54) is 5.56 Å². The van der Waals surface area contributed by atoms with Crippen LogP contribution in [0.25, 0.3) is 22.0 Å². The number of nitrogens with one attached hydrogen (secondary N) is 1. The maximum atomic E-state index is 13.0. The first-order valence-corrected chi connectivity index (χ1v) is 10.4. The third-order valence-electron chi connectivity index (χ3n) is 6.13. The Bertz CT molecular complexity index is 1180. The molecule has 0 aliphatic carbocycles. The van der Waals surface area contributed by atoms with Gasteiger partial charge < -0.3 is 4.90 Å². The molecule has 152 valence electrons. The van der Waals surface area contributed by atoms with Crippen molar-refractivity contribution in [2.45, 2.75) is 32.9 Å². The zero-order valence-electron chi connectivity index (χ0n) is 17.2. The van der Waals surface area contributed by atoms with Gasteiger partial charge in [-0.1, -0.05) is 23.8 Å². The zero-order chi connectivity index (χ0) is 20.7. The molecule has 1 N–H and O–H groups in total. The molecule has 0 spiro atoms. The lowest BCUT2D eigenvalue weighted by Crippen LogP contribution is -2.34. The molecule has 2 aromatic heterocycles. The molecule has 0 unspecified atom stereocenters. The van der Waals surface area contributed by atoms with Gasteiger partial charge in [0.05, 0.1) is 17.9 Å². The van der Waals surface area contributed by atoms with Gasteiger partial charge >= 0.3 is 0 Å². The fraction of sp³-hybridized carbons (Fsp3) is 0.292. The van der Waals surface area contributed by atoms with Crippen LogP contribution < -0.4 is 0 Å². The van der Waals surface area contributed by atoms with Crippen LogP contribution in [0.5, 0.6) is 0 Å². The van der Waals surface area contributed by atoms with E-state index >= 15 is 0 Å². The summed E-state index contributed by atoms with van der Waals surface area (Å²) in [5.41, 5.74) is 5.25. The lowest BCUT2D eigenvalue weighted by atomic mass is 10.1. The quantitative estimate of drug-likeness (QED) is 0.557. The van der Waals surface area contributed by atoms with Crippen LogP contribution in [0.4, 0.5) is 0 Å². The number of H-pyrrole nitrogens is 1. The molecule has 1 aliphatic rings. The Labute approximate surface area is 175 Å². The summed E-state index contributed by atoms with van der Waals surface area (Å²) in [5.74, 6) is 0.520. The summed E-state index contributed by atoms with van der Waals surface area (Å²) in [6, 6.07) is 14.5. The second kappa shape index (κ2) is 7.44. The van der Waals surface area contributed by atoms with Gasteiger partial charge in [-0.2, -0.15) is 10.2 Å². The van der Waals surface area contributed by atoms with Crippen LogP contribution in [0.1, 0.15) is 29.3 Å². The molecule has 6 heteroatoms. The molecule has 30 heavy (non-hydrogen) atoms. The number of benzene rings is 2. The van der Waals surface area contributed by atoms with E-state index in [-0.39, 0.29) is 11.9 Å². The molecule has 1 aliphatic heterocycles. The van der Waals surface area contributed by atoms with Gasteiger partial charge in [0.2, 0.25) is 0 Å². The summed E-state index contributed by atoms with van der Waals surface area (Å²) in [7, 11) is 0. The minimum atomic E-state index is 0.125. The van der Waals surface area contributed by atoms with Crippen LogP contribution in [-0.4, -0.2) is 43.4 Å². The van der Waals surface area contributed by atoms with Crippen molar-refractivity contribution < 1.29 is 4.79 Å². The van der Waals surface area contributed by atoms with Crippen LogP contribution in [0.2, 0.25) is 0 Å². The molecular weight excluding hydrogens is 374 g/mol. The van der Waals surface area contributed by atoms with Crippen molar-refractivity contribution in [1.29, 1.82) is 0 Å². The minimum Gasteiger partial charge on any atom is -0.336 e. The number of aromatic amines is 1. The average Bonchev–Trinajstić information content (AvgIpc) is 3.49. The van der Waals surface area contributed by atoms with E-state index < -0.39 is 0 Å². The minimum absolute atomic E-state index is 0.125. The summed E-state index contributed by atoms with van der Waals surface area (Å²) in [6.45, 7) is 5.76. The molecule has 6 nitrogen and oxygen atoms in total. The van der Waals surface area contributed by atoms with Crippen molar-refractivity contribution in [3.63, 3.8) is 0 Å². The molecule has 4 aromatic rings. The van der Waals surface area contributed by atoms with E-state index in [1.54, 1.807) is 0 Å². The highest BCUT2D eigenvalue weighted by atomic mass is 16.2. The highest BCUT2D eigenvalue weighted by Gasteiger charge is 2.33. The first-order chi connectivity index (χ1) is 14.6. The number of fused-ring (bicyclic) bond motifs is 1. The summed E-state index contributed by atoms with van der Waals surface area (Å²) in [6.07, 6.45) is 6.63. The van der Waals surface area contributed by atoms with Crippen molar-refractivity contribution in [3.05, 3.63) is 72.2 Å². The van der Waals surface area contributed by atoms with Crippen LogP contribution in [0.3, 0.4) is 0 Å². The molecule has 1 saturated heterocycles. The second-order valence-electron chi connectivity index (χ2n) is 8.36. The van der Waals surface area contributed by atoms with Gasteiger partial charge in [-0.15, -0.1) is 0 Å². The molecule has 3 heterocycles. The fourth-order valence-corrected chi connectivity index (χ4v) is 4.49. The standard InChI is InChI=1S/C24H25N5O/c1-16-3-5-19(6-4-16)24(30)28-14-18(9-17(28)2)15-29-23-8-7-20(10-21(23)13-27-29)22-11-25-26-12-22/h3-8,10-13,17-18H,9,14-15H2,1-2H3,(H,25,26)/t17-,18+/m0/s1. The third kappa shape index (κ3) is 3.38. The van der Waals surface area contributed by atoms with Crippen molar-refractivity contribution in [1.82, 2.24) is 24.9 Å². The Morgan fingerprint density at radius 1 is 1.13 bits per heavy atom. The zero-order valence-corrected chi connectivity index (χ0v) is 17.2. The number of hydrogen-bond donors (Lipinski definition) is 1. The SMILES string of the molecule is Cc1ccc(C(=O)N2C[C@H](Cn3ncc4cc(-c5cn[nH]c5)ccc43)C[C@@H]2C)cc1. The Morgan fingerprint density at radius 3 is 2.73 bits per heavy atom. The number of amides is 1. The number of nitrogens with zero attached hydrogens (tertiary/aromatic N) is 4. The van der Waals surface area contributed by atoms with Gasteiger partial charge in [-0.25, -0.2) is 0 Å². The smallest absolute Gasteiger partial charge is 0.254 e. The number of likely N-dealkylation sites (tertiary alicyclic amines) is 1. The van der Waals surface area contributed by atoms with Gasteiger partial charge in [0, 0.05) is 41.8 Å². The molecule has 5 rings (SSSR count). The van der Waals surface area contributed by atoms with Crippen LogP contribution >= 0.6 is 0 Å². The number of aromatic nitrogens is 4. The molecule has 1 fully saturated rings. The Morgan fingerprint density at radius 2 is 1.97 bits per heavy atom. The Hall–Kier alpha value is -3.41. The van der Waals surface area contributed by atoms with Crippen LogP contribution in [0, 0.1) is 12.8 Å². The number of hydrogen-bond acceptors (Lipinski definition) is 3. The van der Waals surface area contributed by atoms with Crippen molar-refractivity contribution >= 4 is 16.8 Å². The summed E-state index contributed by atoms with van der Waals surface area (Å²) in [5, 5.41) is 12.6. The van der Waals surface area contributed by atoms with Crippen LogP contribution in [0.15, 0.2) is 61.1 Å². The van der Waals surface area contributed by atoms with Gasteiger partial charge in [0.1, 0.15) is 0 Å². The van der Waals surface area contributed by atoms with Gasteiger partial charge in [0.15, 0.2) is 0 Å². The molecule has 2 atom stereocenters. The summed E-state index contributed by atoms with van der Waals surface area (Å²) < 4.78 is 2.08. The van der Waals surface area contributed by atoms with Crippen molar-refractivity contribution in [3.8, 4) is 11.1 Å². The van der Waals surface area contributed by atoms with Gasteiger partial charge in [-0.3, -0.25) is 14.6 Å². The molecule has 0 bridgehead atoms. The molecular formula is C24H25N5O. The number of carbonyl (C=O) groups is 1. The predicted molar refractivity (Wildman–Crippen MR) is 117 cm³/mol. The Kier molecular flexibility index (Phi) is 4.62. The molecule has 0 radical (unpaired) electrons. The van der Waals surface area contributed by atoms with E-state index in [9.17, 15) is 4.79 Å². The fourth-order valence-electron chi connectivity index (χ4n) is 4.49. The van der Waals surface area contributed by atoms with E-state index in [0.29, 0.717) is 5.92 Å². The molecule has 1 amide bonds. The molecule has 0 saturated carbocycles. The van der Waals surface area contributed by atoms with Gasteiger partial charge in [-0.05, 0) is 56.0 Å². The van der Waals surface area contributed by atoms with Crippen molar-refractivity contribution in [2.24, 2.45) is 5.92 Å². The average molecular weight is 399 g/mol. The monoisotopic (exact) mass is 399 g/mol. The third-order valence-corrected chi connectivity index (χ3v) is 6.13. The first kappa shape index (κ1) is 18.6. The highest BCUT2D eigenvalue weighted by Crippen LogP contribution is 2.28. The normalized spacial score (nSPS) is 18.9. The van der Waals surface area contributed by atoms with Gasteiger partial charge in [0.25, 0.3) is 5.91 Å². The molecule has 2 aromatic carbocycles. The summed E-state index contributed by atoms with van der Waals surface area (Å²) in [4.78, 5) is 15.0. The maximum Gasteiger partial charge on any atom is 0.254 e. The largest absolute Gasteiger partial charge is 0.336 e. The summed E-state index contributed by atoms with van der Waals surface area (Å²) >= 11 is 0.